The number of nitrogens with zero attached hydrogens (tertiary/aromatic N) is 3. The smallest absolute Gasteiger partial charge is 0.408 e. The van der Waals surface area contributed by atoms with Gasteiger partial charge >= 0.3 is 11.8 Å². The molecule has 2 amide bonds. The van der Waals surface area contributed by atoms with Gasteiger partial charge in [-0.05, 0) is 30.9 Å². The normalized spacial score (nSPS) is 15.3. The summed E-state index contributed by atoms with van der Waals surface area (Å²) in [5.41, 5.74) is 1.68. The zero-order valence-corrected chi connectivity index (χ0v) is 14.0. The van der Waals surface area contributed by atoms with Crippen molar-refractivity contribution in [2.45, 2.75) is 18.9 Å². The van der Waals surface area contributed by atoms with Gasteiger partial charge in [-0.1, -0.05) is 0 Å². The van der Waals surface area contributed by atoms with Crippen LogP contribution in [0.25, 0.3) is 11.1 Å². The molecule has 0 aliphatic heterocycles. The third kappa shape index (κ3) is 2.90. The van der Waals surface area contributed by atoms with Crippen molar-refractivity contribution < 1.29 is 9.21 Å². The number of aromatic nitrogens is 3. The molecule has 0 spiro atoms. The second kappa shape index (κ2) is 5.80. The SMILES string of the molecule is Cn1ccnc1[C@H](NC(=O)Nc1ccc2c(c1)oc(=O)n2C)C1CC1. The lowest BCUT2D eigenvalue weighted by Crippen LogP contribution is -2.35. The van der Waals surface area contributed by atoms with Gasteiger partial charge in [-0.15, -0.1) is 0 Å². The first-order chi connectivity index (χ1) is 12.0. The minimum absolute atomic E-state index is 0.113. The van der Waals surface area contributed by atoms with Crippen LogP contribution < -0.4 is 16.4 Å². The molecular formula is C17H19N5O3. The Kier molecular flexibility index (Phi) is 3.60. The van der Waals surface area contributed by atoms with Crippen LogP contribution >= 0.6 is 0 Å². The molecular weight excluding hydrogens is 322 g/mol. The summed E-state index contributed by atoms with van der Waals surface area (Å²) >= 11 is 0. The number of fused-ring (bicyclic) bond motifs is 1. The van der Waals surface area contributed by atoms with E-state index in [0.717, 1.165) is 18.7 Å². The summed E-state index contributed by atoms with van der Waals surface area (Å²) in [5.74, 6) is 0.837. The molecule has 3 aromatic rings. The Hall–Kier alpha value is -3.03. The third-order valence-electron chi connectivity index (χ3n) is 4.57. The van der Waals surface area contributed by atoms with Crippen molar-refractivity contribution in [1.29, 1.82) is 0 Å². The minimum atomic E-state index is -0.430. The fourth-order valence-electron chi connectivity index (χ4n) is 3.02. The van der Waals surface area contributed by atoms with E-state index >= 15 is 0 Å². The van der Waals surface area contributed by atoms with Crippen molar-refractivity contribution >= 4 is 22.8 Å². The number of benzene rings is 1. The number of anilines is 1. The highest BCUT2D eigenvalue weighted by Crippen LogP contribution is 2.40. The lowest BCUT2D eigenvalue weighted by atomic mass is 10.1. The minimum Gasteiger partial charge on any atom is -0.408 e. The Labute approximate surface area is 143 Å². The first kappa shape index (κ1) is 15.5. The van der Waals surface area contributed by atoms with E-state index in [0.29, 0.717) is 22.7 Å². The summed E-state index contributed by atoms with van der Waals surface area (Å²) in [6.45, 7) is 0. The maximum absolute atomic E-state index is 12.4. The molecule has 2 heterocycles. The summed E-state index contributed by atoms with van der Waals surface area (Å²) in [5, 5.41) is 5.80. The summed E-state index contributed by atoms with van der Waals surface area (Å²) < 4.78 is 8.49. The number of hydrogen-bond donors (Lipinski definition) is 2. The Morgan fingerprint density at radius 1 is 1.36 bits per heavy atom. The third-order valence-corrected chi connectivity index (χ3v) is 4.57. The standard InChI is InChI=1S/C17H19N5O3/c1-21-8-7-18-15(21)14(10-3-4-10)20-16(23)19-11-5-6-12-13(9-11)25-17(24)22(12)2/h5-10,14H,3-4H2,1-2H3,(H2,19,20,23)/t14-/m1/s1. The molecule has 0 radical (unpaired) electrons. The number of amides is 2. The van der Waals surface area contributed by atoms with E-state index in [1.807, 2.05) is 17.8 Å². The second-order valence-corrected chi connectivity index (χ2v) is 6.42. The molecule has 130 valence electrons. The van der Waals surface area contributed by atoms with Gasteiger partial charge in [0.25, 0.3) is 0 Å². The van der Waals surface area contributed by atoms with Crippen molar-refractivity contribution in [3.8, 4) is 0 Å². The van der Waals surface area contributed by atoms with Crippen LogP contribution in [0.2, 0.25) is 0 Å². The molecule has 8 heteroatoms. The average Bonchev–Trinajstić information content (AvgIpc) is 3.27. The molecule has 1 aromatic carbocycles. The van der Waals surface area contributed by atoms with Crippen LogP contribution in [0.15, 0.2) is 39.8 Å². The Bertz CT molecular complexity index is 995. The molecule has 2 aromatic heterocycles. The van der Waals surface area contributed by atoms with Gasteiger partial charge in [0, 0.05) is 38.2 Å². The van der Waals surface area contributed by atoms with Gasteiger partial charge < -0.3 is 19.6 Å². The summed E-state index contributed by atoms with van der Waals surface area (Å²) in [4.78, 5) is 28.3. The lowest BCUT2D eigenvalue weighted by Gasteiger charge is -2.18. The van der Waals surface area contributed by atoms with E-state index < -0.39 is 5.76 Å². The fraction of sp³-hybridized carbons (Fsp3) is 0.353. The van der Waals surface area contributed by atoms with Gasteiger partial charge in [-0.25, -0.2) is 14.6 Å². The molecule has 1 atom stereocenters. The predicted molar refractivity (Wildman–Crippen MR) is 92.3 cm³/mol. The van der Waals surface area contributed by atoms with Crippen molar-refractivity contribution in [3.05, 3.63) is 47.0 Å². The summed E-state index contributed by atoms with van der Waals surface area (Å²) in [6.07, 6.45) is 5.77. The van der Waals surface area contributed by atoms with E-state index in [2.05, 4.69) is 15.6 Å². The second-order valence-electron chi connectivity index (χ2n) is 6.42. The number of hydrogen-bond acceptors (Lipinski definition) is 4. The zero-order chi connectivity index (χ0) is 17.6. The number of carbonyl (C=O) groups excluding carboxylic acids is 1. The van der Waals surface area contributed by atoms with Crippen LogP contribution in [0.4, 0.5) is 10.5 Å². The maximum Gasteiger partial charge on any atom is 0.419 e. The average molecular weight is 341 g/mol. The number of urea groups is 1. The molecule has 0 saturated heterocycles. The highest BCUT2D eigenvalue weighted by Gasteiger charge is 2.35. The highest BCUT2D eigenvalue weighted by molar-refractivity contribution is 5.91. The molecule has 1 fully saturated rings. The Morgan fingerprint density at radius 3 is 2.84 bits per heavy atom. The van der Waals surface area contributed by atoms with Gasteiger partial charge in [-0.2, -0.15) is 0 Å². The summed E-state index contributed by atoms with van der Waals surface area (Å²) in [7, 11) is 3.56. The van der Waals surface area contributed by atoms with Crippen molar-refractivity contribution in [3.63, 3.8) is 0 Å². The molecule has 0 unspecified atom stereocenters. The number of carbonyl (C=O) groups is 1. The van der Waals surface area contributed by atoms with Crippen LogP contribution in [-0.2, 0) is 14.1 Å². The monoisotopic (exact) mass is 341 g/mol. The zero-order valence-electron chi connectivity index (χ0n) is 14.0. The van der Waals surface area contributed by atoms with Gasteiger partial charge in [0.05, 0.1) is 11.6 Å². The topological polar surface area (TPSA) is 94.1 Å². The molecule has 8 nitrogen and oxygen atoms in total. The van der Waals surface area contributed by atoms with Crippen LogP contribution in [0.1, 0.15) is 24.7 Å². The molecule has 25 heavy (non-hydrogen) atoms. The predicted octanol–water partition coefficient (Wildman–Crippen LogP) is 2.14. The molecule has 1 saturated carbocycles. The number of rotatable bonds is 4. The number of oxazole rings is 1. The van der Waals surface area contributed by atoms with Gasteiger partial charge in [0.15, 0.2) is 5.58 Å². The van der Waals surface area contributed by atoms with E-state index in [1.165, 1.54) is 4.57 Å². The van der Waals surface area contributed by atoms with Gasteiger partial charge in [0.2, 0.25) is 0 Å². The first-order valence-electron chi connectivity index (χ1n) is 8.17. The number of nitrogens with one attached hydrogen (secondary N) is 2. The number of aryl methyl sites for hydroxylation is 2. The Balaban J connectivity index is 1.51. The van der Waals surface area contributed by atoms with E-state index in [4.69, 9.17) is 4.42 Å². The number of imidazole rings is 1. The maximum atomic E-state index is 12.4. The van der Waals surface area contributed by atoms with Crippen LogP contribution in [0.3, 0.4) is 0 Å². The lowest BCUT2D eigenvalue weighted by molar-refractivity contribution is 0.246. The Morgan fingerprint density at radius 2 is 2.16 bits per heavy atom. The summed E-state index contributed by atoms with van der Waals surface area (Å²) in [6, 6.07) is 4.70. The molecule has 2 N–H and O–H groups in total. The largest absolute Gasteiger partial charge is 0.419 e. The van der Waals surface area contributed by atoms with E-state index in [1.54, 1.807) is 31.4 Å². The van der Waals surface area contributed by atoms with Gasteiger partial charge in [0.1, 0.15) is 5.82 Å². The van der Waals surface area contributed by atoms with E-state index in [-0.39, 0.29) is 12.1 Å². The van der Waals surface area contributed by atoms with Crippen molar-refractivity contribution in [2.75, 3.05) is 5.32 Å². The first-order valence-corrected chi connectivity index (χ1v) is 8.17. The van der Waals surface area contributed by atoms with Gasteiger partial charge in [-0.3, -0.25) is 4.57 Å². The molecule has 4 rings (SSSR count). The highest BCUT2D eigenvalue weighted by atomic mass is 16.4. The quantitative estimate of drug-likeness (QED) is 0.760. The van der Waals surface area contributed by atoms with Crippen LogP contribution in [0.5, 0.6) is 0 Å². The van der Waals surface area contributed by atoms with Crippen LogP contribution in [0, 0.1) is 5.92 Å². The van der Waals surface area contributed by atoms with Crippen molar-refractivity contribution in [1.82, 2.24) is 19.4 Å². The fourth-order valence-corrected chi connectivity index (χ4v) is 3.02. The van der Waals surface area contributed by atoms with Crippen molar-refractivity contribution in [2.24, 2.45) is 20.0 Å². The van der Waals surface area contributed by atoms with Crippen LogP contribution in [-0.4, -0.2) is 20.1 Å². The van der Waals surface area contributed by atoms with E-state index in [9.17, 15) is 9.59 Å². The molecule has 1 aliphatic carbocycles. The molecule has 0 bridgehead atoms. The molecule has 1 aliphatic rings.